The summed E-state index contributed by atoms with van der Waals surface area (Å²) in [7, 11) is 0. The monoisotopic (exact) mass is 190 g/mol. The minimum Gasteiger partial charge on any atom is -0.245 e. The van der Waals surface area contributed by atoms with Crippen molar-refractivity contribution in [2.24, 2.45) is 0 Å². The Kier molecular flexibility index (Phi) is 2.23. The normalized spacial score (nSPS) is 9.92. The first-order chi connectivity index (χ1) is 6.38. The third kappa shape index (κ3) is 1.68. The molecule has 0 amide bonds. The molecule has 0 unspecified atom stereocenters. The fourth-order valence-electron chi connectivity index (χ4n) is 1.12. The second-order valence-electron chi connectivity index (χ2n) is 2.57. The Morgan fingerprint density at radius 3 is 2.62 bits per heavy atom. The Morgan fingerprint density at radius 1 is 1.08 bits per heavy atom. The molecule has 0 N–H and O–H groups in total. The molecule has 0 bridgehead atoms. The maximum absolute atomic E-state index is 6.00. The van der Waals surface area contributed by atoms with Gasteiger partial charge in [-0.2, -0.15) is 0 Å². The minimum atomic E-state index is 0.709. The van der Waals surface area contributed by atoms with Crippen molar-refractivity contribution >= 4 is 11.6 Å². The van der Waals surface area contributed by atoms with E-state index in [1.54, 1.807) is 6.20 Å². The van der Waals surface area contributed by atoms with Crippen molar-refractivity contribution in [1.29, 1.82) is 0 Å². The van der Waals surface area contributed by atoms with Crippen molar-refractivity contribution in [3.05, 3.63) is 47.9 Å². The Labute approximate surface area is 81.2 Å². The van der Waals surface area contributed by atoms with Crippen LogP contribution in [-0.4, -0.2) is 9.97 Å². The van der Waals surface area contributed by atoms with E-state index >= 15 is 0 Å². The highest BCUT2D eigenvalue weighted by Gasteiger charge is 2.01. The van der Waals surface area contributed by atoms with Crippen molar-refractivity contribution in [2.45, 2.75) is 0 Å². The summed E-state index contributed by atoms with van der Waals surface area (Å²) in [5, 5.41) is 0.709. The molecule has 1 heterocycles. The van der Waals surface area contributed by atoms with Gasteiger partial charge in [0, 0.05) is 16.8 Å². The van der Waals surface area contributed by atoms with Gasteiger partial charge in [0.25, 0.3) is 0 Å². The molecule has 1 aromatic heterocycles. The average molecular weight is 191 g/mol. The molecule has 0 fully saturated rings. The van der Waals surface area contributed by atoms with E-state index in [-0.39, 0.29) is 0 Å². The summed E-state index contributed by atoms with van der Waals surface area (Å²) < 4.78 is 0. The molecule has 3 heteroatoms. The number of nitrogens with zero attached hydrogens (tertiary/aromatic N) is 2. The number of halogens is 1. The largest absolute Gasteiger partial charge is 0.245 e. The zero-order valence-electron chi connectivity index (χ0n) is 6.81. The van der Waals surface area contributed by atoms with Crippen LogP contribution >= 0.6 is 11.6 Å². The van der Waals surface area contributed by atoms with Gasteiger partial charge in [-0.25, -0.2) is 9.97 Å². The molecular weight excluding hydrogens is 184 g/mol. The van der Waals surface area contributed by atoms with Crippen molar-refractivity contribution in [2.75, 3.05) is 0 Å². The van der Waals surface area contributed by atoms with E-state index in [9.17, 15) is 0 Å². The average Bonchev–Trinajstić information content (AvgIpc) is 2.20. The SMILES string of the molecule is Clc1ccccc1-c1ccncn1. The second-order valence-corrected chi connectivity index (χ2v) is 2.98. The summed E-state index contributed by atoms with van der Waals surface area (Å²) in [6.45, 7) is 0. The number of hydrogen-bond donors (Lipinski definition) is 0. The molecule has 0 aliphatic rings. The molecule has 0 radical (unpaired) electrons. The number of benzene rings is 1. The molecule has 2 nitrogen and oxygen atoms in total. The van der Waals surface area contributed by atoms with Crippen LogP contribution in [-0.2, 0) is 0 Å². The molecule has 64 valence electrons. The number of rotatable bonds is 1. The van der Waals surface area contributed by atoms with E-state index < -0.39 is 0 Å². The summed E-state index contributed by atoms with van der Waals surface area (Å²) >= 11 is 6.00. The smallest absolute Gasteiger partial charge is 0.116 e. The first-order valence-electron chi connectivity index (χ1n) is 3.89. The van der Waals surface area contributed by atoms with Crippen LogP contribution < -0.4 is 0 Å². The lowest BCUT2D eigenvalue weighted by molar-refractivity contribution is 1.17. The molecule has 2 aromatic rings. The van der Waals surface area contributed by atoms with E-state index in [0.717, 1.165) is 11.3 Å². The van der Waals surface area contributed by atoms with Crippen LogP contribution in [0.25, 0.3) is 11.3 Å². The van der Waals surface area contributed by atoms with Crippen LogP contribution in [0, 0.1) is 0 Å². The lowest BCUT2D eigenvalue weighted by atomic mass is 10.1. The molecule has 0 atom stereocenters. The lowest BCUT2D eigenvalue weighted by Gasteiger charge is -2.00. The predicted molar refractivity (Wildman–Crippen MR) is 52.5 cm³/mol. The van der Waals surface area contributed by atoms with Gasteiger partial charge in [0.15, 0.2) is 0 Å². The quantitative estimate of drug-likeness (QED) is 0.691. The Bertz CT molecular complexity index is 401. The molecule has 13 heavy (non-hydrogen) atoms. The standard InChI is InChI=1S/C10H7ClN2/c11-9-4-2-1-3-8(9)10-5-6-12-7-13-10/h1-7H. The van der Waals surface area contributed by atoms with Gasteiger partial charge in [-0.3, -0.25) is 0 Å². The summed E-state index contributed by atoms with van der Waals surface area (Å²) in [6, 6.07) is 9.45. The molecular formula is C10H7ClN2. The third-order valence-corrected chi connectivity index (χ3v) is 2.06. The van der Waals surface area contributed by atoms with Gasteiger partial charge in [0.1, 0.15) is 6.33 Å². The van der Waals surface area contributed by atoms with Gasteiger partial charge in [-0.05, 0) is 12.1 Å². The lowest BCUT2D eigenvalue weighted by Crippen LogP contribution is -1.84. The highest BCUT2D eigenvalue weighted by Crippen LogP contribution is 2.24. The Balaban J connectivity index is 2.54. The molecule has 0 saturated heterocycles. The van der Waals surface area contributed by atoms with Gasteiger partial charge in [0.05, 0.1) is 5.69 Å². The van der Waals surface area contributed by atoms with Gasteiger partial charge in [-0.1, -0.05) is 29.8 Å². The van der Waals surface area contributed by atoms with Gasteiger partial charge in [0.2, 0.25) is 0 Å². The molecule has 0 saturated carbocycles. The van der Waals surface area contributed by atoms with Crippen LogP contribution in [0.1, 0.15) is 0 Å². The molecule has 0 aliphatic heterocycles. The first kappa shape index (κ1) is 8.20. The summed E-state index contributed by atoms with van der Waals surface area (Å²) in [6.07, 6.45) is 3.21. The highest BCUT2D eigenvalue weighted by atomic mass is 35.5. The van der Waals surface area contributed by atoms with Crippen LogP contribution in [0.3, 0.4) is 0 Å². The maximum Gasteiger partial charge on any atom is 0.116 e. The second kappa shape index (κ2) is 3.54. The number of aromatic nitrogens is 2. The minimum absolute atomic E-state index is 0.709. The predicted octanol–water partition coefficient (Wildman–Crippen LogP) is 2.80. The summed E-state index contributed by atoms with van der Waals surface area (Å²) in [4.78, 5) is 7.96. The van der Waals surface area contributed by atoms with Crippen LogP contribution in [0.15, 0.2) is 42.9 Å². The Hall–Kier alpha value is -1.41. The van der Waals surface area contributed by atoms with Crippen molar-refractivity contribution in [3.63, 3.8) is 0 Å². The summed E-state index contributed by atoms with van der Waals surface area (Å²) in [5.41, 5.74) is 1.78. The maximum atomic E-state index is 6.00. The Morgan fingerprint density at radius 2 is 1.92 bits per heavy atom. The molecule has 0 aliphatic carbocycles. The molecule has 2 rings (SSSR count). The number of hydrogen-bond acceptors (Lipinski definition) is 2. The zero-order valence-corrected chi connectivity index (χ0v) is 7.57. The fourth-order valence-corrected chi connectivity index (χ4v) is 1.35. The van der Waals surface area contributed by atoms with E-state index in [0.29, 0.717) is 5.02 Å². The first-order valence-corrected chi connectivity index (χ1v) is 4.26. The molecule has 0 spiro atoms. The van der Waals surface area contributed by atoms with Crippen LogP contribution in [0.4, 0.5) is 0 Å². The van der Waals surface area contributed by atoms with E-state index in [1.165, 1.54) is 6.33 Å². The fraction of sp³-hybridized carbons (Fsp3) is 0. The van der Waals surface area contributed by atoms with Crippen LogP contribution in [0.5, 0.6) is 0 Å². The zero-order chi connectivity index (χ0) is 9.10. The van der Waals surface area contributed by atoms with Crippen molar-refractivity contribution in [1.82, 2.24) is 9.97 Å². The van der Waals surface area contributed by atoms with Crippen molar-refractivity contribution in [3.8, 4) is 11.3 Å². The topological polar surface area (TPSA) is 25.8 Å². The van der Waals surface area contributed by atoms with E-state index in [4.69, 9.17) is 11.6 Å². The third-order valence-electron chi connectivity index (χ3n) is 1.73. The van der Waals surface area contributed by atoms with Gasteiger partial charge in [-0.15, -0.1) is 0 Å². The van der Waals surface area contributed by atoms with E-state index in [2.05, 4.69) is 9.97 Å². The van der Waals surface area contributed by atoms with E-state index in [1.807, 2.05) is 30.3 Å². The van der Waals surface area contributed by atoms with Gasteiger partial charge < -0.3 is 0 Å². The molecule has 1 aromatic carbocycles. The van der Waals surface area contributed by atoms with Crippen molar-refractivity contribution < 1.29 is 0 Å². The summed E-state index contributed by atoms with van der Waals surface area (Å²) in [5.74, 6) is 0. The van der Waals surface area contributed by atoms with Gasteiger partial charge >= 0.3 is 0 Å². The highest BCUT2D eigenvalue weighted by molar-refractivity contribution is 6.33. The van der Waals surface area contributed by atoms with Crippen LogP contribution in [0.2, 0.25) is 5.02 Å².